The van der Waals surface area contributed by atoms with Crippen LogP contribution in [0.2, 0.25) is 0 Å². The highest BCUT2D eigenvalue weighted by Gasteiger charge is 2.14. The Hall–Kier alpha value is -1.90. The van der Waals surface area contributed by atoms with E-state index in [0.29, 0.717) is 23.0 Å². The van der Waals surface area contributed by atoms with Gasteiger partial charge in [0, 0.05) is 32.7 Å². The van der Waals surface area contributed by atoms with E-state index in [1.54, 1.807) is 0 Å². The molecule has 0 aromatic carbocycles. The van der Waals surface area contributed by atoms with E-state index in [1.807, 2.05) is 0 Å². The molecular weight excluding hydrogens is 336 g/mol. The van der Waals surface area contributed by atoms with E-state index in [-0.39, 0.29) is 0 Å². The lowest BCUT2D eigenvalue weighted by molar-refractivity contribution is 0.746. The Morgan fingerprint density at radius 3 is 1.84 bits per heavy atom. The molecule has 0 saturated carbocycles. The van der Waals surface area contributed by atoms with Gasteiger partial charge in [-0.05, 0) is 46.3 Å². The molecule has 0 amide bonds. The molecule has 0 aliphatic carbocycles. The fraction of sp³-hybridized carbons (Fsp3) is 0.750. The molecule has 1 aromatic rings. The highest BCUT2D eigenvalue weighted by atomic mass is 32.1. The van der Waals surface area contributed by atoms with Crippen molar-refractivity contribution in [3.63, 3.8) is 0 Å². The van der Waals surface area contributed by atoms with Gasteiger partial charge in [0.05, 0.1) is 0 Å². The van der Waals surface area contributed by atoms with Crippen molar-refractivity contribution in [1.29, 1.82) is 0 Å². The van der Waals surface area contributed by atoms with Gasteiger partial charge in [-0.2, -0.15) is 15.0 Å². The van der Waals surface area contributed by atoms with Gasteiger partial charge in [0.25, 0.3) is 0 Å². The zero-order chi connectivity index (χ0) is 18.7. The van der Waals surface area contributed by atoms with Crippen LogP contribution in [0.1, 0.15) is 47.5 Å². The Balaban J connectivity index is 2.90. The number of anilines is 3. The summed E-state index contributed by atoms with van der Waals surface area (Å²) >= 11 is 5.25. The summed E-state index contributed by atoms with van der Waals surface area (Å²) in [5.41, 5.74) is 5.93. The molecule has 1 aromatic heterocycles. The minimum atomic E-state index is 0.457. The number of nitrogens with one attached hydrogen (secondary N) is 3. The number of rotatable bonds is 11. The van der Waals surface area contributed by atoms with Gasteiger partial charge in [0.15, 0.2) is 5.11 Å². The van der Waals surface area contributed by atoms with Crippen molar-refractivity contribution < 1.29 is 0 Å². The molecule has 25 heavy (non-hydrogen) atoms. The minimum Gasteiger partial charge on any atom is -0.361 e. The molecule has 0 saturated heterocycles. The molecule has 8 nitrogen and oxygen atoms in total. The fourth-order valence-corrected chi connectivity index (χ4v) is 2.39. The van der Waals surface area contributed by atoms with Gasteiger partial charge >= 0.3 is 0 Å². The Morgan fingerprint density at radius 1 is 0.880 bits per heavy atom. The van der Waals surface area contributed by atoms with Crippen LogP contribution in [0.4, 0.5) is 17.8 Å². The molecule has 0 aliphatic heterocycles. The van der Waals surface area contributed by atoms with Crippen LogP contribution in [-0.2, 0) is 0 Å². The highest BCUT2D eigenvalue weighted by molar-refractivity contribution is 7.80. The van der Waals surface area contributed by atoms with E-state index in [0.717, 1.165) is 45.6 Å². The standard InChI is InChI=1S/C16H32N8S/c1-6-11-12-17-16(25)22-21-13-18-14(23(7-2)8-3)20-15(19-13)24(9-4)10-5/h6-12H2,1-5H3,(H2,17,22,25)(H,18,19,20,21). The molecule has 0 fully saturated rings. The molecule has 1 heterocycles. The van der Waals surface area contributed by atoms with Crippen molar-refractivity contribution in [2.45, 2.75) is 47.5 Å². The zero-order valence-corrected chi connectivity index (χ0v) is 16.9. The Bertz CT molecular complexity index is 487. The number of aromatic nitrogens is 3. The SMILES string of the molecule is CCCCNC(=S)NNc1nc(N(CC)CC)nc(N(CC)CC)n1. The third-order valence-electron chi connectivity index (χ3n) is 3.81. The van der Waals surface area contributed by atoms with E-state index >= 15 is 0 Å². The monoisotopic (exact) mass is 368 g/mol. The number of hydrogen-bond acceptors (Lipinski definition) is 7. The van der Waals surface area contributed by atoms with Crippen LogP contribution in [0.15, 0.2) is 0 Å². The average molecular weight is 369 g/mol. The van der Waals surface area contributed by atoms with Crippen molar-refractivity contribution in [3.05, 3.63) is 0 Å². The molecule has 9 heteroatoms. The van der Waals surface area contributed by atoms with Crippen molar-refractivity contribution >= 4 is 35.2 Å². The fourth-order valence-electron chi connectivity index (χ4n) is 2.24. The molecule has 1 rings (SSSR count). The number of hydrogen-bond donors (Lipinski definition) is 3. The molecule has 3 N–H and O–H groups in total. The Labute approximate surface area is 156 Å². The Kier molecular flexibility index (Phi) is 9.83. The third-order valence-corrected chi connectivity index (χ3v) is 4.05. The molecule has 0 aliphatic rings. The topological polar surface area (TPSA) is 81.2 Å². The molecule has 0 spiro atoms. The van der Waals surface area contributed by atoms with Crippen LogP contribution in [0, 0.1) is 0 Å². The second kappa shape index (κ2) is 11.6. The van der Waals surface area contributed by atoms with Gasteiger partial charge in [0.2, 0.25) is 17.8 Å². The van der Waals surface area contributed by atoms with Crippen LogP contribution < -0.4 is 26.0 Å². The number of nitrogens with zero attached hydrogens (tertiary/aromatic N) is 5. The predicted octanol–water partition coefficient (Wildman–Crippen LogP) is 2.16. The maximum Gasteiger partial charge on any atom is 0.248 e. The number of thiocarbonyl (C=S) groups is 1. The van der Waals surface area contributed by atoms with Gasteiger partial charge in [-0.15, -0.1) is 0 Å². The van der Waals surface area contributed by atoms with E-state index in [9.17, 15) is 0 Å². The lowest BCUT2D eigenvalue weighted by atomic mass is 10.3. The van der Waals surface area contributed by atoms with Crippen LogP contribution in [0.5, 0.6) is 0 Å². The van der Waals surface area contributed by atoms with E-state index in [1.165, 1.54) is 0 Å². The van der Waals surface area contributed by atoms with Crippen LogP contribution in [0.25, 0.3) is 0 Å². The van der Waals surface area contributed by atoms with Crippen LogP contribution in [0.3, 0.4) is 0 Å². The van der Waals surface area contributed by atoms with Gasteiger partial charge in [0.1, 0.15) is 0 Å². The van der Waals surface area contributed by atoms with Gasteiger partial charge < -0.3 is 15.1 Å². The van der Waals surface area contributed by atoms with Crippen molar-refractivity contribution in [3.8, 4) is 0 Å². The lowest BCUT2D eigenvalue weighted by Crippen LogP contribution is -2.40. The maximum absolute atomic E-state index is 5.25. The molecule has 0 unspecified atom stereocenters. The third kappa shape index (κ3) is 6.85. The van der Waals surface area contributed by atoms with E-state index in [2.05, 4.69) is 75.5 Å². The summed E-state index contributed by atoms with van der Waals surface area (Å²) in [6, 6.07) is 0. The molecule has 0 bridgehead atoms. The predicted molar refractivity (Wildman–Crippen MR) is 109 cm³/mol. The minimum absolute atomic E-state index is 0.457. The van der Waals surface area contributed by atoms with Gasteiger partial charge in [-0.3, -0.25) is 10.9 Å². The van der Waals surface area contributed by atoms with Crippen molar-refractivity contribution in [2.75, 3.05) is 47.9 Å². The summed E-state index contributed by atoms with van der Waals surface area (Å²) in [7, 11) is 0. The lowest BCUT2D eigenvalue weighted by Gasteiger charge is -2.23. The summed E-state index contributed by atoms with van der Waals surface area (Å²) in [5.74, 6) is 1.78. The number of unbranched alkanes of at least 4 members (excludes halogenated alkanes) is 1. The van der Waals surface area contributed by atoms with E-state index < -0.39 is 0 Å². The average Bonchev–Trinajstić information content (AvgIpc) is 2.62. The first-order chi connectivity index (χ1) is 12.1. The molecule has 0 atom stereocenters. The second-order valence-electron chi connectivity index (χ2n) is 5.46. The first kappa shape index (κ1) is 21.1. The summed E-state index contributed by atoms with van der Waals surface area (Å²) in [5, 5.41) is 3.67. The summed E-state index contributed by atoms with van der Waals surface area (Å²) in [6.07, 6.45) is 2.20. The summed E-state index contributed by atoms with van der Waals surface area (Å²) in [6.45, 7) is 14.7. The summed E-state index contributed by atoms with van der Waals surface area (Å²) < 4.78 is 0. The second-order valence-corrected chi connectivity index (χ2v) is 5.87. The van der Waals surface area contributed by atoms with Crippen LogP contribution in [-0.4, -0.2) is 52.8 Å². The maximum atomic E-state index is 5.25. The quantitative estimate of drug-likeness (QED) is 0.309. The molecular formula is C16H32N8S. The normalized spacial score (nSPS) is 10.3. The zero-order valence-electron chi connectivity index (χ0n) is 16.1. The van der Waals surface area contributed by atoms with Crippen molar-refractivity contribution in [1.82, 2.24) is 25.7 Å². The summed E-state index contributed by atoms with van der Waals surface area (Å²) in [4.78, 5) is 17.8. The van der Waals surface area contributed by atoms with Gasteiger partial charge in [-0.25, -0.2) is 0 Å². The molecule has 142 valence electrons. The van der Waals surface area contributed by atoms with E-state index in [4.69, 9.17) is 12.2 Å². The Morgan fingerprint density at radius 2 is 1.40 bits per heavy atom. The molecule has 0 radical (unpaired) electrons. The van der Waals surface area contributed by atoms with Crippen molar-refractivity contribution in [2.24, 2.45) is 0 Å². The highest BCUT2D eigenvalue weighted by Crippen LogP contribution is 2.16. The van der Waals surface area contributed by atoms with Gasteiger partial charge in [-0.1, -0.05) is 13.3 Å². The van der Waals surface area contributed by atoms with Crippen LogP contribution >= 0.6 is 12.2 Å². The first-order valence-electron chi connectivity index (χ1n) is 9.15. The first-order valence-corrected chi connectivity index (χ1v) is 9.56. The smallest absolute Gasteiger partial charge is 0.248 e. The number of hydrazine groups is 1. The largest absolute Gasteiger partial charge is 0.361 e.